The first-order valence-electron chi connectivity index (χ1n) is 7.14. The normalized spacial score (nSPS) is 24.7. The number of amides is 1. The first kappa shape index (κ1) is 15.5. The zero-order chi connectivity index (χ0) is 15.6. The average Bonchev–Trinajstić information content (AvgIpc) is 2.81. The fourth-order valence-corrected chi connectivity index (χ4v) is 2.79. The number of methoxy groups -OCH3 is 1. The Morgan fingerprint density at radius 3 is 2.71 bits per heavy atom. The average molecular weight is 290 g/mol. The van der Waals surface area contributed by atoms with Crippen molar-refractivity contribution in [2.45, 2.75) is 39.2 Å². The number of benzene rings is 1. The maximum atomic E-state index is 12.6. The van der Waals surface area contributed by atoms with Crippen LogP contribution in [0.1, 0.15) is 42.1 Å². The van der Waals surface area contributed by atoms with Crippen molar-refractivity contribution in [1.82, 2.24) is 0 Å². The summed E-state index contributed by atoms with van der Waals surface area (Å²) in [6.45, 7) is 3.76. The van der Waals surface area contributed by atoms with Crippen LogP contribution < -0.4 is 11.1 Å². The highest BCUT2D eigenvalue weighted by atomic mass is 16.5. The van der Waals surface area contributed by atoms with E-state index >= 15 is 0 Å². The highest BCUT2D eigenvalue weighted by Gasteiger charge is 2.43. The van der Waals surface area contributed by atoms with E-state index in [1.54, 1.807) is 12.1 Å². The number of esters is 1. The second-order valence-electron chi connectivity index (χ2n) is 5.91. The smallest absolute Gasteiger partial charge is 0.339 e. The molecular formula is C16H22N2O3. The number of nitrogens with two attached hydrogens (primary N) is 1. The molecule has 1 fully saturated rings. The Kier molecular flexibility index (Phi) is 4.32. The van der Waals surface area contributed by atoms with Crippen molar-refractivity contribution in [3.05, 3.63) is 29.3 Å². The Balaban J connectivity index is 2.27. The molecule has 1 amide bonds. The maximum absolute atomic E-state index is 12.6. The lowest BCUT2D eigenvalue weighted by atomic mass is 9.84. The molecule has 114 valence electrons. The molecule has 2 unspecified atom stereocenters. The molecule has 5 heteroatoms. The van der Waals surface area contributed by atoms with Crippen molar-refractivity contribution in [3.8, 4) is 0 Å². The van der Waals surface area contributed by atoms with Crippen LogP contribution in [-0.4, -0.2) is 25.0 Å². The van der Waals surface area contributed by atoms with Crippen LogP contribution in [0.5, 0.6) is 0 Å². The molecule has 2 atom stereocenters. The summed E-state index contributed by atoms with van der Waals surface area (Å²) in [4.78, 5) is 24.4. The van der Waals surface area contributed by atoms with Gasteiger partial charge in [-0.1, -0.05) is 18.1 Å². The van der Waals surface area contributed by atoms with E-state index in [-0.39, 0.29) is 11.9 Å². The lowest BCUT2D eigenvalue weighted by Gasteiger charge is -2.27. The van der Waals surface area contributed by atoms with Crippen molar-refractivity contribution in [1.29, 1.82) is 0 Å². The number of anilines is 1. The quantitative estimate of drug-likeness (QED) is 0.836. The summed E-state index contributed by atoms with van der Waals surface area (Å²) in [5, 5.41) is 2.85. The minimum absolute atomic E-state index is 0.137. The van der Waals surface area contributed by atoms with Gasteiger partial charge in [-0.05, 0) is 38.8 Å². The molecule has 3 N–H and O–H groups in total. The van der Waals surface area contributed by atoms with Gasteiger partial charge in [-0.25, -0.2) is 4.79 Å². The number of nitrogens with one attached hydrogen (secondary N) is 1. The summed E-state index contributed by atoms with van der Waals surface area (Å²) in [5.74, 6) is -0.601. The number of hydrogen-bond acceptors (Lipinski definition) is 4. The largest absolute Gasteiger partial charge is 0.465 e. The number of carbonyl (C=O) groups excluding carboxylic acids is 2. The van der Waals surface area contributed by atoms with Crippen molar-refractivity contribution in [2.24, 2.45) is 11.1 Å². The van der Waals surface area contributed by atoms with E-state index in [0.29, 0.717) is 11.3 Å². The predicted molar refractivity (Wildman–Crippen MR) is 81.1 cm³/mol. The zero-order valence-corrected chi connectivity index (χ0v) is 12.7. The van der Waals surface area contributed by atoms with Crippen LogP contribution in [0.15, 0.2) is 18.2 Å². The first-order chi connectivity index (χ1) is 9.88. The van der Waals surface area contributed by atoms with Crippen LogP contribution in [0.25, 0.3) is 0 Å². The van der Waals surface area contributed by atoms with Gasteiger partial charge in [0.15, 0.2) is 0 Å². The van der Waals surface area contributed by atoms with E-state index in [1.807, 2.05) is 19.9 Å². The summed E-state index contributed by atoms with van der Waals surface area (Å²) in [7, 11) is 1.32. The Morgan fingerprint density at radius 2 is 2.14 bits per heavy atom. The highest BCUT2D eigenvalue weighted by Crippen LogP contribution is 2.38. The van der Waals surface area contributed by atoms with E-state index < -0.39 is 11.4 Å². The Labute approximate surface area is 124 Å². The minimum Gasteiger partial charge on any atom is -0.465 e. The van der Waals surface area contributed by atoms with Gasteiger partial charge in [0.05, 0.1) is 23.8 Å². The van der Waals surface area contributed by atoms with Gasteiger partial charge >= 0.3 is 5.97 Å². The van der Waals surface area contributed by atoms with Gasteiger partial charge in [-0.3, -0.25) is 4.79 Å². The van der Waals surface area contributed by atoms with Crippen molar-refractivity contribution < 1.29 is 14.3 Å². The van der Waals surface area contributed by atoms with Crippen LogP contribution in [0, 0.1) is 12.3 Å². The topological polar surface area (TPSA) is 81.4 Å². The van der Waals surface area contributed by atoms with E-state index in [1.165, 1.54) is 7.11 Å². The summed E-state index contributed by atoms with van der Waals surface area (Å²) in [6.07, 6.45) is 2.56. The van der Waals surface area contributed by atoms with Gasteiger partial charge in [-0.2, -0.15) is 0 Å². The molecular weight excluding hydrogens is 268 g/mol. The fraction of sp³-hybridized carbons (Fsp3) is 0.500. The van der Waals surface area contributed by atoms with Gasteiger partial charge in [0.25, 0.3) is 0 Å². The molecule has 0 aromatic heterocycles. The van der Waals surface area contributed by atoms with Crippen LogP contribution >= 0.6 is 0 Å². The van der Waals surface area contributed by atoms with Crippen molar-refractivity contribution in [2.75, 3.05) is 12.4 Å². The SMILES string of the molecule is COC(=O)c1cc(C)ccc1NC(=O)C1(C)CCCC1N. The minimum atomic E-state index is -0.585. The van der Waals surface area contributed by atoms with Crippen LogP contribution in [0.3, 0.4) is 0 Å². The molecule has 1 aliphatic carbocycles. The third kappa shape index (κ3) is 2.93. The summed E-state index contributed by atoms with van der Waals surface area (Å²) in [5.41, 5.74) is 7.24. The van der Waals surface area contributed by atoms with Gasteiger partial charge < -0.3 is 15.8 Å². The Hall–Kier alpha value is -1.88. The molecule has 0 spiro atoms. The lowest BCUT2D eigenvalue weighted by molar-refractivity contribution is -0.125. The fourth-order valence-electron chi connectivity index (χ4n) is 2.79. The zero-order valence-electron chi connectivity index (χ0n) is 12.7. The molecule has 0 aliphatic heterocycles. The van der Waals surface area contributed by atoms with Crippen LogP contribution in [0.2, 0.25) is 0 Å². The molecule has 1 saturated carbocycles. The third-order valence-corrected chi connectivity index (χ3v) is 4.38. The van der Waals surface area contributed by atoms with Crippen LogP contribution in [0.4, 0.5) is 5.69 Å². The molecule has 1 aromatic rings. The number of ether oxygens (including phenoxy) is 1. The molecule has 2 rings (SSSR count). The number of carbonyl (C=O) groups is 2. The Bertz CT molecular complexity index is 571. The Morgan fingerprint density at radius 1 is 1.43 bits per heavy atom. The second kappa shape index (κ2) is 5.85. The maximum Gasteiger partial charge on any atom is 0.339 e. The lowest BCUT2D eigenvalue weighted by Crippen LogP contribution is -2.44. The summed E-state index contributed by atoms with van der Waals surface area (Å²) < 4.78 is 4.77. The summed E-state index contributed by atoms with van der Waals surface area (Å²) >= 11 is 0. The van der Waals surface area contributed by atoms with Gasteiger partial charge in [-0.15, -0.1) is 0 Å². The van der Waals surface area contributed by atoms with E-state index in [4.69, 9.17) is 10.5 Å². The van der Waals surface area contributed by atoms with E-state index in [9.17, 15) is 9.59 Å². The molecule has 0 heterocycles. The highest BCUT2D eigenvalue weighted by molar-refractivity contribution is 6.03. The second-order valence-corrected chi connectivity index (χ2v) is 5.91. The molecule has 1 aliphatic rings. The first-order valence-corrected chi connectivity index (χ1v) is 7.14. The molecule has 0 saturated heterocycles. The van der Waals surface area contributed by atoms with Crippen molar-refractivity contribution in [3.63, 3.8) is 0 Å². The van der Waals surface area contributed by atoms with E-state index in [0.717, 1.165) is 24.8 Å². The van der Waals surface area contributed by atoms with Crippen molar-refractivity contribution >= 4 is 17.6 Å². The molecule has 0 bridgehead atoms. The molecule has 1 aromatic carbocycles. The number of rotatable bonds is 3. The molecule has 21 heavy (non-hydrogen) atoms. The van der Waals surface area contributed by atoms with E-state index in [2.05, 4.69) is 5.32 Å². The van der Waals surface area contributed by atoms with Crippen LogP contribution in [-0.2, 0) is 9.53 Å². The van der Waals surface area contributed by atoms with Gasteiger partial charge in [0, 0.05) is 6.04 Å². The third-order valence-electron chi connectivity index (χ3n) is 4.38. The summed E-state index contributed by atoms with van der Waals surface area (Å²) in [6, 6.07) is 5.13. The number of hydrogen-bond donors (Lipinski definition) is 2. The standard InChI is InChI=1S/C16H22N2O3/c1-10-6-7-12(11(9-10)14(19)21-3)18-15(20)16(2)8-4-5-13(16)17/h6-7,9,13H,4-5,8,17H2,1-3H3,(H,18,20). The van der Waals surface area contributed by atoms with Gasteiger partial charge in [0.2, 0.25) is 5.91 Å². The monoisotopic (exact) mass is 290 g/mol. The molecule has 0 radical (unpaired) electrons. The predicted octanol–water partition coefficient (Wildman–Crippen LogP) is 2.24. The van der Waals surface area contributed by atoms with Gasteiger partial charge in [0.1, 0.15) is 0 Å². The number of aryl methyl sites for hydroxylation is 1. The molecule has 5 nitrogen and oxygen atoms in total.